The predicted molar refractivity (Wildman–Crippen MR) is 45.9 cm³/mol. The Balaban J connectivity index is 2.42. The minimum absolute atomic E-state index is 0.149. The fourth-order valence-electron chi connectivity index (χ4n) is 1.27. The molecule has 0 bridgehead atoms. The molecular formula is C9H7NO4. The number of hydrogen-bond acceptors (Lipinski definition) is 3. The number of carboxylic acid groups (broad SMARTS) is 1. The number of nitrogens with one attached hydrogen (secondary N) is 1. The molecule has 2 rings (SSSR count). The van der Waals surface area contributed by atoms with E-state index >= 15 is 0 Å². The van der Waals surface area contributed by atoms with Crippen LogP contribution in [0.2, 0.25) is 0 Å². The third-order valence-corrected chi connectivity index (χ3v) is 1.93. The molecule has 1 aromatic carbocycles. The van der Waals surface area contributed by atoms with Crippen molar-refractivity contribution >= 4 is 11.9 Å². The highest BCUT2D eigenvalue weighted by Gasteiger charge is 2.17. The Morgan fingerprint density at radius 3 is 3.00 bits per heavy atom. The van der Waals surface area contributed by atoms with Crippen LogP contribution in [0.25, 0.3) is 0 Å². The first-order valence-electron chi connectivity index (χ1n) is 3.99. The predicted octanol–water partition coefficient (Wildman–Crippen LogP) is 0.351. The largest absolute Gasteiger partial charge is 0.478 e. The number of hydroxylamine groups is 1. The fourth-order valence-corrected chi connectivity index (χ4v) is 1.27. The van der Waals surface area contributed by atoms with E-state index in [1.54, 1.807) is 0 Å². The van der Waals surface area contributed by atoms with Crippen molar-refractivity contribution in [3.8, 4) is 5.75 Å². The van der Waals surface area contributed by atoms with E-state index in [-0.39, 0.29) is 17.9 Å². The summed E-state index contributed by atoms with van der Waals surface area (Å²) in [5.74, 6) is -0.798. The van der Waals surface area contributed by atoms with Gasteiger partial charge in [-0.25, -0.2) is 4.79 Å². The molecule has 5 nitrogen and oxygen atoms in total. The van der Waals surface area contributed by atoms with Gasteiger partial charge in [0.25, 0.3) is 5.91 Å². The average Bonchev–Trinajstić information content (AvgIpc) is 2.16. The molecule has 0 fully saturated rings. The first-order valence-corrected chi connectivity index (χ1v) is 3.99. The van der Waals surface area contributed by atoms with E-state index in [1.807, 2.05) is 0 Å². The first-order chi connectivity index (χ1) is 6.66. The zero-order valence-electron chi connectivity index (χ0n) is 7.11. The summed E-state index contributed by atoms with van der Waals surface area (Å²) in [6, 6.07) is 4.40. The van der Waals surface area contributed by atoms with Crippen molar-refractivity contribution in [3.05, 3.63) is 29.3 Å². The van der Waals surface area contributed by atoms with Crippen LogP contribution in [0, 0.1) is 0 Å². The average molecular weight is 193 g/mol. The van der Waals surface area contributed by atoms with E-state index in [2.05, 4.69) is 5.48 Å². The molecule has 0 spiro atoms. The van der Waals surface area contributed by atoms with Crippen molar-refractivity contribution < 1.29 is 19.5 Å². The maximum atomic E-state index is 10.9. The Labute approximate surface area is 79.3 Å². The topological polar surface area (TPSA) is 75.6 Å². The van der Waals surface area contributed by atoms with E-state index < -0.39 is 5.97 Å². The minimum Gasteiger partial charge on any atom is -0.478 e. The normalized spacial score (nSPS) is 13.9. The number of carbonyl (C=O) groups excluding carboxylic acids is 1. The summed E-state index contributed by atoms with van der Waals surface area (Å²) in [7, 11) is 0. The van der Waals surface area contributed by atoms with Crippen molar-refractivity contribution in [2.75, 3.05) is 0 Å². The van der Waals surface area contributed by atoms with Crippen LogP contribution in [-0.4, -0.2) is 17.0 Å². The van der Waals surface area contributed by atoms with Gasteiger partial charge in [0.05, 0.1) is 12.0 Å². The number of aromatic carboxylic acids is 1. The van der Waals surface area contributed by atoms with Gasteiger partial charge in [0.15, 0.2) is 5.75 Å². The second-order valence-corrected chi connectivity index (χ2v) is 2.93. The van der Waals surface area contributed by atoms with E-state index in [0.717, 1.165) is 0 Å². The van der Waals surface area contributed by atoms with Gasteiger partial charge >= 0.3 is 5.97 Å². The Hall–Kier alpha value is -2.04. The summed E-state index contributed by atoms with van der Waals surface area (Å²) in [4.78, 5) is 26.4. The third kappa shape index (κ3) is 1.39. The summed E-state index contributed by atoms with van der Waals surface area (Å²) in [6.07, 6.45) is 0.149. The lowest BCUT2D eigenvalue weighted by molar-refractivity contribution is -0.128. The van der Waals surface area contributed by atoms with Crippen molar-refractivity contribution in [3.63, 3.8) is 0 Å². The maximum absolute atomic E-state index is 10.9. The highest BCUT2D eigenvalue weighted by molar-refractivity contribution is 5.89. The Kier molecular flexibility index (Phi) is 1.85. The highest BCUT2D eigenvalue weighted by atomic mass is 16.7. The van der Waals surface area contributed by atoms with Crippen molar-refractivity contribution in [1.29, 1.82) is 0 Å². The van der Waals surface area contributed by atoms with Crippen LogP contribution in [0.15, 0.2) is 18.2 Å². The van der Waals surface area contributed by atoms with Gasteiger partial charge in [-0.1, -0.05) is 0 Å². The zero-order chi connectivity index (χ0) is 10.1. The molecular weight excluding hydrogens is 186 g/mol. The van der Waals surface area contributed by atoms with Crippen LogP contribution in [0.4, 0.5) is 0 Å². The molecule has 1 heterocycles. The molecule has 1 amide bonds. The van der Waals surface area contributed by atoms with Gasteiger partial charge in [-0.15, -0.1) is 0 Å². The Morgan fingerprint density at radius 1 is 1.50 bits per heavy atom. The third-order valence-electron chi connectivity index (χ3n) is 1.93. The lowest BCUT2D eigenvalue weighted by Gasteiger charge is -2.16. The molecule has 0 unspecified atom stereocenters. The molecule has 14 heavy (non-hydrogen) atoms. The lowest BCUT2D eigenvalue weighted by atomic mass is 10.1. The monoisotopic (exact) mass is 193 g/mol. The number of carboxylic acids is 1. The van der Waals surface area contributed by atoms with Gasteiger partial charge in [-0.2, -0.15) is 5.48 Å². The number of benzene rings is 1. The molecule has 0 saturated heterocycles. The van der Waals surface area contributed by atoms with E-state index in [4.69, 9.17) is 9.94 Å². The van der Waals surface area contributed by atoms with E-state index in [1.165, 1.54) is 18.2 Å². The Morgan fingerprint density at radius 2 is 2.29 bits per heavy atom. The Bertz CT molecular complexity index is 413. The van der Waals surface area contributed by atoms with Gasteiger partial charge in [0, 0.05) is 5.56 Å². The quantitative estimate of drug-likeness (QED) is 0.674. The van der Waals surface area contributed by atoms with E-state index in [0.29, 0.717) is 11.3 Å². The minimum atomic E-state index is -1.02. The second kappa shape index (κ2) is 3.02. The molecule has 2 N–H and O–H groups in total. The number of carbonyl (C=O) groups is 2. The fraction of sp³-hybridized carbons (Fsp3) is 0.111. The molecule has 0 radical (unpaired) electrons. The SMILES string of the molecule is O=C1Cc2cc(C(=O)O)ccc2ON1. The molecule has 1 aliphatic rings. The molecule has 0 atom stereocenters. The van der Waals surface area contributed by atoms with E-state index in [9.17, 15) is 9.59 Å². The molecule has 0 aromatic heterocycles. The van der Waals surface area contributed by atoms with Crippen LogP contribution >= 0.6 is 0 Å². The molecule has 0 saturated carbocycles. The van der Waals surface area contributed by atoms with Crippen LogP contribution in [-0.2, 0) is 11.2 Å². The van der Waals surface area contributed by atoms with Gasteiger partial charge in [0.2, 0.25) is 0 Å². The lowest BCUT2D eigenvalue weighted by Crippen LogP contribution is -2.33. The van der Waals surface area contributed by atoms with Crippen LogP contribution < -0.4 is 10.3 Å². The number of rotatable bonds is 1. The van der Waals surface area contributed by atoms with Gasteiger partial charge in [0.1, 0.15) is 0 Å². The molecule has 72 valence electrons. The van der Waals surface area contributed by atoms with Gasteiger partial charge in [-0.3, -0.25) is 4.79 Å². The van der Waals surface area contributed by atoms with Crippen molar-refractivity contribution in [2.45, 2.75) is 6.42 Å². The zero-order valence-corrected chi connectivity index (χ0v) is 7.11. The standard InChI is InChI=1S/C9H7NO4/c11-8-4-6-3-5(9(12)13)1-2-7(6)14-10-8/h1-3H,4H2,(H,10,11)(H,12,13). The smallest absolute Gasteiger partial charge is 0.335 e. The van der Waals surface area contributed by atoms with Crippen LogP contribution in [0.3, 0.4) is 0 Å². The summed E-state index contributed by atoms with van der Waals surface area (Å²) in [5, 5.41) is 8.71. The first kappa shape index (κ1) is 8.55. The molecule has 5 heteroatoms. The van der Waals surface area contributed by atoms with Crippen LogP contribution in [0.1, 0.15) is 15.9 Å². The summed E-state index contributed by atoms with van der Waals surface area (Å²) >= 11 is 0. The summed E-state index contributed by atoms with van der Waals surface area (Å²) < 4.78 is 0. The van der Waals surface area contributed by atoms with Crippen LogP contribution in [0.5, 0.6) is 5.75 Å². The highest BCUT2D eigenvalue weighted by Crippen LogP contribution is 2.22. The van der Waals surface area contributed by atoms with Gasteiger partial charge < -0.3 is 9.94 Å². The van der Waals surface area contributed by atoms with Crippen molar-refractivity contribution in [2.24, 2.45) is 0 Å². The molecule has 1 aromatic rings. The number of fused-ring (bicyclic) bond motifs is 1. The van der Waals surface area contributed by atoms with Gasteiger partial charge in [-0.05, 0) is 18.2 Å². The summed E-state index contributed by atoms with van der Waals surface area (Å²) in [5.41, 5.74) is 2.95. The second-order valence-electron chi connectivity index (χ2n) is 2.93. The molecule has 1 aliphatic heterocycles. The van der Waals surface area contributed by atoms with Crippen molar-refractivity contribution in [1.82, 2.24) is 5.48 Å². The summed E-state index contributed by atoms with van der Waals surface area (Å²) in [6.45, 7) is 0. The number of amides is 1. The number of hydrogen-bond donors (Lipinski definition) is 2. The maximum Gasteiger partial charge on any atom is 0.335 e. The molecule has 0 aliphatic carbocycles.